The second-order valence-electron chi connectivity index (χ2n) is 5.96. The van der Waals surface area contributed by atoms with Gasteiger partial charge in [0.1, 0.15) is 5.69 Å². The number of benzene rings is 1. The van der Waals surface area contributed by atoms with E-state index in [9.17, 15) is 9.59 Å². The Morgan fingerprint density at radius 3 is 3.08 bits per heavy atom. The van der Waals surface area contributed by atoms with Crippen LogP contribution in [0.15, 0.2) is 29.8 Å². The van der Waals surface area contributed by atoms with E-state index in [1.54, 1.807) is 12.3 Å². The maximum absolute atomic E-state index is 12.4. The van der Waals surface area contributed by atoms with Crippen LogP contribution >= 0.6 is 11.3 Å². The third-order valence-corrected chi connectivity index (χ3v) is 4.97. The summed E-state index contributed by atoms with van der Waals surface area (Å²) < 4.78 is 0. The Morgan fingerprint density at radius 1 is 1.44 bits per heavy atom. The average molecular weight is 355 g/mol. The predicted molar refractivity (Wildman–Crippen MR) is 97.3 cm³/mol. The molecule has 0 saturated heterocycles. The SMILES string of the molecule is CNCC1Cc2c([nH]c3ccc(C(=O)Nc4nccs4)cc23)C(=O)N1. The zero-order chi connectivity index (χ0) is 17.4. The van der Waals surface area contributed by atoms with Crippen LogP contribution in [-0.4, -0.2) is 41.4 Å². The van der Waals surface area contributed by atoms with Crippen molar-refractivity contribution in [2.45, 2.75) is 12.5 Å². The number of H-pyrrole nitrogens is 1. The van der Waals surface area contributed by atoms with E-state index in [1.807, 2.05) is 24.6 Å². The number of amides is 2. The Hall–Kier alpha value is -2.71. The number of hydrogen-bond donors (Lipinski definition) is 4. The number of nitrogens with one attached hydrogen (secondary N) is 4. The van der Waals surface area contributed by atoms with Gasteiger partial charge in [-0.25, -0.2) is 4.98 Å². The summed E-state index contributed by atoms with van der Waals surface area (Å²) in [4.78, 5) is 32.0. The molecule has 2 aromatic heterocycles. The summed E-state index contributed by atoms with van der Waals surface area (Å²) in [5.74, 6) is -0.315. The van der Waals surface area contributed by atoms with E-state index in [0.29, 0.717) is 22.9 Å². The van der Waals surface area contributed by atoms with Crippen LogP contribution in [0.1, 0.15) is 26.4 Å². The molecule has 4 N–H and O–H groups in total. The highest BCUT2D eigenvalue weighted by molar-refractivity contribution is 7.13. The van der Waals surface area contributed by atoms with Crippen molar-refractivity contribution in [3.63, 3.8) is 0 Å². The number of likely N-dealkylation sites (N-methyl/N-ethyl adjacent to an activating group) is 1. The first-order valence-corrected chi connectivity index (χ1v) is 8.84. The molecule has 0 saturated carbocycles. The van der Waals surface area contributed by atoms with Gasteiger partial charge in [-0.3, -0.25) is 14.9 Å². The maximum Gasteiger partial charge on any atom is 0.268 e. The first-order valence-electron chi connectivity index (χ1n) is 7.96. The van der Waals surface area contributed by atoms with E-state index in [1.165, 1.54) is 11.3 Å². The van der Waals surface area contributed by atoms with Gasteiger partial charge in [0, 0.05) is 40.6 Å². The number of rotatable bonds is 4. The van der Waals surface area contributed by atoms with Gasteiger partial charge in [0.15, 0.2) is 5.13 Å². The molecule has 3 aromatic rings. The topological polar surface area (TPSA) is 98.9 Å². The average Bonchev–Trinajstić information content (AvgIpc) is 3.22. The minimum Gasteiger partial charge on any atom is -0.350 e. The van der Waals surface area contributed by atoms with Gasteiger partial charge in [0.25, 0.3) is 11.8 Å². The monoisotopic (exact) mass is 355 g/mol. The predicted octanol–water partition coefficient (Wildman–Crippen LogP) is 1.75. The number of anilines is 1. The minimum absolute atomic E-state index is 0.0387. The first-order chi connectivity index (χ1) is 12.2. The lowest BCUT2D eigenvalue weighted by Gasteiger charge is -2.23. The Labute approximate surface area is 147 Å². The fraction of sp³-hybridized carbons (Fsp3) is 0.235. The van der Waals surface area contributed by atoms with Crippen LogP contribution in [0.3, 0.4) is 0 Å². The fourth-order valence-corrected chi connectivity index (χ4v) is 3.70. The summed E-state index contributed by atoms with van der Waals surface area (Å²) in [5.41, 5.74) is 2.94. The van der Waals surface area contributed by atoms with E-state index in [4.69, 9.17) is 0 Å². The second-order valence-corrected chi connectivity index (χ2v) is 6.86. The van der Waals surface area contributed by atoms with Gasteiger partial charge in [0.05, 0.1) is 0 Å². The lowest BCUT2D eigenvalue weighted by molar-refractivity contribution is 0.0920. The summed E-state index contributed by atoms with van der Waals surface area (Å²) in [6.45, 7) is 0.697. The lowest BCUT2D eigenvalue weighted by atomic mass is 9.97. The number of fused-ring (bicyclic) bond motifs is 3. The zero-order valence-electron chi connectivity index (χ0n) is 13.6. The van der Waals surface area contributed by atoms with Gasteiger partial charge in [0.2, 0.25) is 0 Å². The number of carbonyl (C=O) groups is 2. The van der Waals surface area contributed by atoms with E-state index in [2.05, 4.69) is 25.9 Å². The number of carbonyl (C=O) groups excluding carboxylic acids is 2. The summed E-state index contributed by atoms with van der Waals surface area (Å²) in [6, 6.07) is 5.46. The first kappa shape index (κ1) is 15.8. The molecule has 3 heterocycles. The number of aromatic amines is 1. The van der Waals surface area contributed by atoms with Crippen LogP contribution in [0.2, 0.25) is 0 Å². The number of thiazole rings is 1. The Balaban J connectivity index is 1.70. The van der Waals surface area contributed by atoms with Gasteiger partial charge in [-0.05, 0) is 37.2 Å². The molecule has 1 unspecified atom stereocenters. The van der Waals surface area contributed by atoms with Crippen molar-refractivity contribution in [1.82, 2.24) is 20.6 Å². The molecular weight excluding hydrogens is 338 g/mol. The molecule has 128 valence electrons. The quantitative estimate of drug-likeness (QED) is 0.573. The molecule has 7 nitrogen and oxygen atoms in total. The van der Waals surface area contributed by atoms with Crippen molar-refractivity contribution < 1.29 is 9.59 Å². The summed E-state index contributed by atoms with van der Waals surface area (Å²) in [5, 5.41) is 12.1. The maximum atomic E-state index is 12.4. The summed E-state index contributed by atoms with van der Waals surface area (Å²) in [7, 11) is 1.86. The van der Waals surface area contributed by atoms with Gasteiger partial charge in [-0.2, -0.15) is 0 Å². The van der Waals surface area contributed by atoms with Crippen molar-refractivity contribution in [2.24, 2.45) is 0 Å². The molecule has 0 fully saturated rings. The molecule has 1 aliphatic rings. The fourth-order valence-electron chi connectivity index (χ4n) is 3.17. The van der Waals surface area contributed by atoms with Crippen LogP contribution in [0.4, 0.5) is 5.13 Å². The molecule has 0 aliphatic carbocycles. The van der Waals surface area contributed by atoms with Gasteiger partial charge >= 0.3 is 0 Å². The van der Waals surface area contributed by atoms with Crippen LogP contribution in [0.25, 0.3) is 10.9 Å². The van der Waals surface area contributed by atoms with Crippen molar-refractivity contribution in [2.75, 3.05) is 18.9 Å². The van der Waals surface area contributed by atoms with E-state index >= 15 is 0 Å². The molecule has 4 rings (SSSR count). The molecule has 0 radical (unpaired) electrons. The highest BCUT2D eigenvalue weighted by Crippen LogP contribution is 2.28. The highest BCUT2D eigenvalue weighted by Gasteiger charge is 2.27. The summed E-state index contributed by atoms with van der Waals surface area (Å²) in [6.07, 6.45) is 2.37. The normalized spacial score (nSPS) is 16.5. The van der Waals surface area contributed by atoms with E-state index in [0.717, 1.165) is 22.9 Å². The highest BCUT2D eigenvalue weighted by atomic mass is 32.1. The zero-order valence-corrected chi connectivity index (χ0v) is 14.4. The molecule has 25 heavy (non-hydrogen) atoms. The Kier molecular flexibility index (Phi) is 3.98. The van der Waals surface area contributed by atoms with Gasteiger partial charge < -0.3 is 15.6 Å². The van der Waals surface area contributed by atoms with Crippen molar-refractivity contribution >= 4 is 39.2 Å². The molecule has 1 atom stereocenters. The van der Waals surface area contributed by atoms with Crippen LogP contribution in [0.5, 0.6) is 0 Å². The number of aromatic nitrogens is 2. The molecule has 0 bridgehead atoms. The standard InChI is InChI=1S/C17H17N5O2S/c1-18-8-10-7-12-11-6-9(15(23)22-17-19-4-5-25-17)2-3-13(11)21-14(12)16(24)20-10/h2-6,10,18,21H,7-8H2,1H3,(H,20,24)(H,19,22,23). The van der Waals surface area contributed by atoms with Crippen molar-refractivity contribution in [3.05, 3.63) is 46.6 Å². The number of nitrogens with zero attached hydrogens (tertiary/aromatic N) is 1. The molecule has 1 aliphatic heterocycles. The van der Waals surface area contributed by atoms with Crippen LogP contribution in [0, 0.1) is 0 Å². The largest absolute Gasteiger partial charge is 0.350 e. The van der Waals surface area contributed by atoms with Crippen molar-refractivity contribution in [1.29, 1.82) is 0 Å². The van der Waals surface area contributed by atoms with E-state index < -0.39 is 0 Å². The third-order valence-electron chi connectivity index (χ3n) is 4.28. The summed E-state index contributed by atoms with van der Waals surface area (Å²) >= 11 is 1.37. The van der Waals surface area contributed by atoms with Gasteiger partial charge in [-0.1, -0.05) is 0 Å². The van der Waals surface area contributed by atoms with Crippen LogP contribution < -0.4 is 16.0 Å². The molecule has 2 amide bonds. The smallest absolute Gasteiger partial charge is 0.268 e. The Bertz CT molecular complexity index is 948. The van der Waals surface area contributed by atoms with Crippen molar-refractivity contribution in [3.8, 4) is 0 Å². The Morgan fingerprint density at radius 2 is 2.32 bits per heavy atom. The number of hydrogen-bond acceptors (Lipinski definition) is 5. The minimum atomic E-state index is -0.209. The van der Waals surface area contributed by atoms with E-state index in [-0.39, 0.29) is 17.9 Å². The van der Waals surface area contributed by atoms with Crippen LogP contribution in [-0.2, 0) is 6.42 Å². The van der Waals surface area contributed by atoms with Gasteiger partial charge in [-0.15, -0.1) is 11.3 Å². The second kappa shape index (κ2) is 6.30. The molecule has 0 spiro atoms. The molecular formula is C17H17N5O2S. The molecule has 8 heteroatoms. The third kappa shape index (κ3) is 2.90. The molecule has 1 aromatic carbocycles. The lowest BCUT2D eigenvalue weighted by Crippen LogP contribution is -2.46.